The Kier molecular flexibility index (Phi) is 7.49. The van der Waals surface area contributed by atoms with Crippen LogP contribution in [0.5, 0.6) is 5.75 Å². The van der Waals surface area contributed by atoms with Crippen LogP contribution >= 0.6 is 11.6 Å². The summed E-state index contributed by atoms with van der Waals surface area (Å²) in [5.41, 5.74) is 2.29. The van der Waals surface area contributed by atoms with Crippen LogP contribution in [0.4, 0.5) is 5.69 Å². The highest BCUT2D eigenvalue weighted by Crippen LogP contribution is 2.24. The zero-order valence-corrected chi connectivity index (χ0v) is 17.2. The van der Waals surface area contributed by atoms with Gasteiger partial charge in [0.15, 0.2) is 0 Å². The predicted octanol–water partition coefficient (Wildman–Crippen LogP) is 3.27. The number of hydrogen-bond acceptors (Lipinski definition) is 4. The summed E-state index contributed by atoms with van der Waals surface area (Å²) in [7, 11) is 1.50. The largest absolute Gasteiger partial charge is 0.496 e. The lowest BCUT2D eigenvalue weighted by Gasteiger charge is -2.32. The molecule has 0 aromatic heterocycles. The molecular formula is C22H26ClN3O3. The number of piperidine rings is 1. The van der Waals surface area contributed by atoms with Gasteiger partial charge < -0.3 is 15.4 Å². The summed E-state index contributed by atoms with van der Waals surface area (Å²) in [6.07, 6.45) is 1.81. The van der Waals surface area contributed by atoms with Crippen LogP contribution in [0.3, 0.4) is 0 Å². The first-order valence-corrected chi connectivity index (χ1v) is 10.2. The van der Waals surface area contributed by atoms with Gasteiger partial charge in [-0.05, 0) is 30.5 Å². The van der Waals surface area contributed by atoms with E-state index in [0.717, 1.165) is 32.5 Å². The number of methoxy groups -OCH3 is 1. The van der Waals surface area contributed by atoms with E-state index in [1.165, 1.54) is 12.7 Å². The molecule has 1 aliphatic rings. The van der Waals surface area contributed by atoms with Gasteiger partial charge >= 0.3 is 0 Å². The molecule has 7 heteroatoms. The molecule has 2 amide bonds. The maximum absolute atomic E-state index is 12.7. The predicted molar refractivity (Wildman–Crippen MR) is 115 cm³/mol. The summed E-state index contributed by atoms with van der Waals surface area (Å²) in [4.78, 5) is 26.6. The Balaban J connectivity index is 1.54. The van der Waals surface area contributed by atoms with E-state index in [9.17, 15) is 9.59 Å². The van der Waals surface area contributed by atoms with E-state index in [0.29, 0.717) is 17.0 Å². The van der Waals surface area contributed by atoms with Crippen molar-refractivity contribution in [3.63, 3.8) is 0 Å². The maximum Gasteiger partial charge on any atom is 0.255 e. The Hall–Kier alpha value is -2.57. The van der Waals surface area contributed by atoms with Crippen LogP contribution in [0.25, 0.3) is 0 Å². The maximum atomic E-state index is 12.7. The fourth-order valence-electron chi connectivity index (χ4n) is 3.49. The molecule has 2 aromatic rings. The molecule has 1 heterocycles. The van der Waals surface area contributed by atoms with Gasteiger partial charge in [-0.1, -0.05) is 30.3 Å². The first-order valence-electron chi connectivity index (χ1n) is 9.70. The van der Waals surface area contributed by atoms with Crippen molar-refractivity contribution in [3.05, 3.63) is 59.7 Å². The van der Waals surface area contributed by atoms with Gasteiger partial charge in [0, 0.05) is 37.4 Å². The standard InChI is InChI=1S/C22H26ClN3O3/c1-29-20-13-18(24-21(27)14-23)7-8-19(20)22(28)25-17-9-11-26(12-10-17)15-16-5-3-2-4-6-16/h2-8,13,17H,9-12,14-15H2,1H3,(H,24,27)(H,25,28). The molecule has 1 aliphatic heterocycles. The van der Waals surface area contributed by atoms with Crippen LogP contribution in [0.2, 0.25) is 0 Å². The van der Waals surface area contributed by atoms with Crippen molar-refractivity contribution in [2.45, 2.75) is 25.4 Å². The van der Waals surface area contributed by atoms with Crippen molar-refractivity contribution < 1.29 is 14.3 Å². The lowest BCUT2D eigenvalue weighted by atomic mass is 10.0. The van der Waals surface area contributed by atoms with Crippen molar-refractivity contribution in [2.24, 2.45) is 0 Å². The fraction of sp³-hybridized carbons (Fsp3) is 0.364. The van der Waals surface area contributed by atoms with Crippen LogP contribution in [0, 0.1) is 0 Å². The molecule has 0 saturated carbocycles. The molecule has 2 N–H and O–H groups in total. The zero-order valence-electron chi connectivity index (χ0n) is 16.5. The van der Waals surface area contributed by atoms with Gasteiger partial charge in [-0.15, -0.1) is 11.6 Å². The molecule has 0 radical (unpaired) electrons. The number of rotatable bonds is 7. The highest BCUT2D eigenvalue weighted by atomic mass is 35.5. The monoisotopic (exact) mass is 415 g/mol. The van der Waals surface area contributed by atoms with Crippen molar-refractivity contribution in [3.8, 4) is 5.75 Å². The van der Waals surface area contributed by atoms with Crippen molar-refractivity contribution in [1.29, 1.82) is 0 Å². The van der Waals surface area contributed by atoms with Gasteiger partial charge in [0.1, 0.15) is 11.6 Å². The average molecular weight is 416 g/mol. The number of hydrogen-bond donors (Lipinski definition) is 2. The lowest BCUT2D eigenvalue weighted by molar-refractivity contribution is -0.113. The number of nitrogens with one attached hydrogen (secondary N) is 2. The molecule has 2 aromatic carbocycles. The van der Waals surface area contributed by atoms with E-state index in [1.54, 1.807) is 18.2 Å². The molecule has 6 nitrogen and oxygen atoms in total. The minimum Gasteiger partial charge on any atom is -0.496 e. The number of amides is 2. The number of anilines is 1. The average Bonchev–Trinajstić information content (AvgIpc) is 2.75. The second kappa shape index (κ2) is 10.3. The lowest BCUT2D eigenvalue weighted by Crippen LogP contribution is -2.44. The smallest absolute Gasteiger partial charge is 0.255 e. The highest BCUT2D eigenvalue weighted by Gasteiger charge is 2.22. The van der Waals surface area contributed by atoms with E-state index < -0.39 is 0 Å². The first kappa shape index (κ1) is 21.1. The fourth-order valence-corrected chi connectivity index (χ4v) is 3.56. The number of halogens is 1. The van der Waals surface area contributed by atoms with Gasteiger partial charge in [0.2, 0.25) is 5.91 Å². The number of ether oxygens (including phenoxy) is 1. The summed E-state index contributed by atoms with van der Waals surface area (Å²) < 4.78 is 5.34. The van der Waals surface area contributed by atoms with Gasteiger partial charge in [-0.2, -0.15) is 0 Å². The number of benzene rings is 2. The third-order valence-corrected chi connectivity index (χ3v) is 5.27. The molecular weight excluding hydrogens is 390 g/mol. The summed E-state index contributed by atoms with van der Waals surface area (Å²) in [5, 5.41) is 5.76. The number of carbonyl (C=O) groups is 2. The summed E-state index contributed by atoms with van der Waals surface area (Å²) in [6.45, 7) is 2.82. The van der Waals surface area contributed by atoms with E-state index in [-0.39, 0.29) is 23.7 Å². The van der Waals surface area contributed by atoms with Crippen molar-refractivity contribution >= 4 is 29.1 Å². The number of likely N-dealkylation sites (tertiary alicyclic amines) is 1. The quantitative estimate of drug-likeness (QED) is 0.681. The zero-order chi connectivity index (χ0) is 20.6. The normalized spacial score (nSPS) is 15.0. The van der Waals surface area contributed by atoms with Crippen LogP contribution < -0.4 is 15.4 Å². The van der Waals surface area contributed by atoms with Crippen LogP contribution in [-0.2, 0) is 11.3 Å². The number of carbonyl (C=O) groups excluding carboxylic acids is 2. The SMILES string of the molecule is COc1cc(NC(=O)CCl)ccc1C(=O)NC1CCN(Cc2ccccc2)CC1. The molecule has 0 atom stereocenters. The molecule has 3 rings (SSSR count). The summed E-state index contributed by atoms with van der Waals surface area (Å²) in [6, 6.07) is 15.5. The van der Waals surface area contributed by atoms with E-state index in [1.807, 2.05) is 6.07 Å². The first-order chi connectivity index (χ1) is 14.1. The van der Waals surface area contributed by atoms with E-state index in [4.69, 9.17) is 16.3 Å². The summed E-state index contributed by atoms with van der Waals surface area (Å²) >= 11 is 5.51. The van der Waals surface area contributed by atoms with Gasteiger partial charge in [0.05, 0.1) is 12.7 Å². The number of alkyl halides is 1. The molecule has 0 aliphatic carbocycles. The molecule has 0 spiro atoms. The van der Waals surface area contributed by atoms with Crippen LogP contribution in [0.15, 0.2) is 48.5 Å². The van der Waals surface area contributed by atoms with Gasteiger partial charge in [-0.25, -0.2) is 0 Å². The molecule has 1 saturated heterocycles. The van der Waals surface area contributed by atoms with Crippen molar-refractivity contribution in [1.82, 2.24) is 10.2 Å². The third kappa shape index (κ3) is 5.95. The third-order valence-electron chi connectivity index (χ3n) is 5.02. The van der Waals surface area contributed by atoms with E-state index >= 15 is 0 Å². The Morgan fingerprint density at radius 2 is 1.86 bits per heavy atom. The van der Waals surface area contributed by atoms with Crippen molar-refractivity contribution in [2.75, 3.05) is 31.4 Å². The van der Waals surface area contributed by atoms with Gasteiger partial charge in [-0.3, -0.25) is 14.5 Å². The topological polar surface area (TPSA) is 70.7 Å². The highest BCUT2D eigenvalue weighted by molar-refractivity contribution is 6.29. The second-order valence-corrected chi connectivity index (χ2v) is 7.37. The van der Waals surface area contributed by atoms with Gasteiger partial charge in [0.25, 0.3) is 5.91 Å². The molecule has 154 valence electrons. The Bertz CT molecular complexity index is 836. The minimum atomic E-state index is -0.312. The Morgan fingerprint density at radius 1 is 1.14 bits per heavy atom. The van der Waals surface area contributed by atoms with E-state index in [2.05, 4.69) is 39.8 Å². The second-order valence-electron chi connectivity index (χ2n) is 7.11. The Morgan fingerprint density at radius 3 is 2.52 bits per heavy atom. The van der Waals surface area contributed by atoms with Crippen LogP contribution in [0.1, 0.15) is 28.8 Å². The molecule has 1 fully saturated rings. The molecule has 29 heavy (non-hydrogen) atoms. The summed E-state index contributed by atoms with van der Waals surface area (Å²) in [5.74, 6) is -0.198. The molecule has 0 bridgehead atoms. The minimum absolute atomic E-state index is 0.131. The Labute approximate surface area is 176 Å². The van der Waals surface area contributed by atoms with Crippen LogP contribution in [-0.4, -0.2) is 48.8 Å². The number of nitrogens with zero attached hydrogens (tertiary/aromatic N) is 1. The molecule has 0 unspecified atom stereocenters.